The van der Waals surface area contributed by atoms with Crippen LogP contribution < -0.4 is 0 Å². The molecule has 21 heavy (non-hydrogen) atoms. The van der Waals surface area contributed by atoms with Crippen LogP contribution in [0.4, 0.5) is 0 Å². The van der Waals surface area contributed by atoms with Gasteiger partial charge in [0.1, 0.15) is 5.75 Å². The summed E-state index contributed by atoms with van der Waals surface area (Å²) >= 11 is 0. The van der Waals surface area contributed by atoms with Gasteiger partial charge in [-0.25, -0.2) is 0 Å². The van der Waals surface area contributed by atoms with Gasteiger partial charge in [0.25, 0.3) is 0 Å². The van der Waals surface area contributed by atoms with Crippen molar-refractivity contribution >= 4 is 0 Å². The lowest BCUT2D eigenvalue weighted by molar-refractivity contribution is 0.374. The fourth-order valence-electron chi connectivity index (χ4n) is 4.12. The van der Waals surface area contributed by atoms with Crippen LogP contribution in [0.3, 0.4) is 0 Å². The van der Waals surface area contributed by atoms with Crippen molar-refractivity contribution < 1.29 is 5.11 Å². The van der Waals surface area contributed by atoms with Crippen molar-refractivity contribution in [2.75, 3.05) is 0 Å². The third kappa shape index (κ3) is 4.49. The molecule has 0 aliphatic carbocycles. The molecule has 0 radical (unpaired) electrons. The van der Waals surface area contributed by atoms with Crippen molar-refractivity contribution in [3.8, 4) is 5.75 Å². The summed E-state index contributed by atoms with van der Waals surface area (Å²) in [7, 11) is 0. The summed E-state index contributed by atoms with van der Waals surface area (Å²) in [5.74, 6) is 3.73. The third-order valence-electron chi connectivity index (χ3n) is 4.61. The normalized spacial score (nSPS) is 12.7. The van der Waals surface area contributed by atoms with Crippen LogP contribution in [0.1, 0.15) is 78.4 Å². The van der Waals surface area contributed by atoms with Crippen LogP contribution >= 0.6 is 0 Å². The van der Waals surface area contributed by atoms with Gasteiger partial charge in [-0.15, -0.1) is 0 Å². The fraction of sp³-hybridized carbons (Fsp3) is 0.700. The minimum atomic E-state index is 0.417. The molecule has 0 amide bonds. The highest BCUT2D eigenvalue weighted by Crippen LogP contribution is 2.39. The van der Waals surface area contributed by atoms with Gasteiger partial charge in [-0.1, -0.05) is 61.5 Å². The van der Waals surface area contributed by atoms with Crippen molar-refractivity contribution in [3.63, 3.8) is 0 Å². The first-order valence-corrected chi connectivity index (χ1v) is 8.49. The first kappa shape index (κ1) is 18.1. The molecule has 120 valence electrons. The van der Waals surface area contributed by atoms with Crippen molar-refractivity contribution in [1.82, 2.24) is 0 Å². The molecule has 0 aliphatic rings. The molecular formula is C20H34O. The van der Waals surface area contributed by atoms with Crippen LogP contribution in [0.15, 0.2) is 18.2 Å². The second kappa shape index (κ2) is 7.33. The Morgan fingerprint density at radius 2 is 0.857 bits per heavy atom. The summed E-state index contributed by atoms with van der Waals surface area (Å²) in [4.78, 5) is 0. The van der Waals surface area contributed by atoms with Gasteiger partial charge in [0.05, 0.1) is 0 Å². The molecule has 0 aromatic heterocycles. The molecular weight excluding hydrogens is 256 g/mol. The first-order valence-electron chi connectivity index (χ1n) is 8.49. The Morgan fingerprint density at radius 1 is 0.571 bits per heavy atom. The quantitative estimate of drug-likeness (QED) is 0.663. The largest absolute Gasteiger partial charge is 0.508 e. The summed E-state index contributed by atoms with van der Waals surface area (Å²) in [6, 6.07) is 6.27. The first-order chi connectivity index (χ1) is 9.65. The smallest absolute Gasteiger partial charge is 0.116 e. The number of hydrogen-bond acceptors (Lipinski definition) is 1. The highest BCUT2D eigenvalue weighted by atomic mass is 16.3. The topological polar surface area (TPSA) is 20.2 Å². The van der Waals surface area contributed by atoms with Gasteiger partial charge in [0.15, 0.2) is 0 Å². The molecule has 0 spiro atoms. The second-order valence-corrected chi connectivity index (χ2v) is 7.89. The maximum atomic E-state index is 10.2. The Balaban J connectivity index is 3.32. The predicted octanol–water partition coefficient (Wildman–Crippen LogP) is 6.18. The highest BCUT2D eigenvalue weighted by Gasteiger charge is 2.24. The van der Waals surface area contributed by atoms with Gasteiger partial charge >= 0.3 is 0 Å². The average molecular weight is 290 g/mol. The summed E-state index contributed by atoms with van der Waals surface area (Å²) in [5.41, 5.74) is 2.59. The van der Waals surface area contributed by atoms with Crippen molar-refractivity contribution in [1.29, 1.82) is 0 Å². The summed E-state index contributed by atoms with van der Waals surface area (Å²) in [6.45, 7) is 18.2. The maximum absolute atomic E-state index is 10.2. The molecule has 1 N–H and O–H groups in total. The van der Waals surface area contributed by atoms with Gasteiger partial charge in [-0.05, 0) is 58.8 Å². The van der Waals surface area contributed by atoms with E-state index in [2.05, 4.69) is 61.5 Å². The van der Waals surface area contributed by atoms with Crippen LogP contribution in [-0.2, 0) is 0 Å². The van der Waals surface area contributed by atoms with E-state index < -0.39 is 0 Å². The molecule has 0 saturated heterocycles. The molecule has 0 unspecified atom stereocenters. The van der Waals surface area contributed by atoms with Gasteiger partial charge in [0.2, 0.25) is 0 Å². The number of phenols is 1. The average Bonchev–Trinajstić information content (AvgIpc) is 2.25. The lowest BCUT2D eigenvalue weighted by Crippen LogP contribution is -2.16. The minimum Gasteiger partial charge on any atom is -0.508 e. The van der Waals surface area contributed by atoms with Gasteiger partial charge < -0.3 is 5.11 Å². The second-order valence-electron chi connectivity index (χ2n) is 7.89. The van der Waals surface area contributed by atoms with Gasteiger partial charge in [-0.3, -0.25) is 0 Å². The Hall–Kier alpha value is -0.980. The van der Waals surface area contributed by atoms with E-state index in [4.69, 9.17) is 0 Å². The van der Waals surface area contributed by atoms with E-state index in [1.54, 1.807) is 0 Å². The van der Waals surface area contributed by atoms with E-state index >= 15 is 0 Å². The fourth-order valence-corrected chi connectivity index (χ4v) is 4.12. The number of phenolic OH excluding ortho intramolecular Hbond substituents is 1. The molecule has 1 aromatic rings. The Kier molecular flexibility index (Phi) is 6.31. The van der Waals surface area contributed by atoms with E-state index in [0.29, 0.717) is 41.3 Å². The van der Waals surface area contributed by atoms with E-state index in [0.717, 1.165) is 0 Å². The van der Waals surface area contributed by atoms with E-state index in [1.165, 1.54) is 11.1 Å². The molecule has 0 heterocycles. The van der Waals surface area contributed by atoms with E-state index in [9.17, 15) is 5.11 Å². The molecule has 0 saturated carbocycles. The zero-order chi connectivity index (χ0) is 16.3. The van der Waals surface area contributed by atoms with Crippen molar-refractivity contribution in [2.24, 2.45) is 23.7 Å². The minimum absolute atomic E-state index is 0.417. The highest BCUT2D eigenvalue weighted by molar-refractivity contribution is 5.38. The monoisotopic (exact) mass is 290 g/mol. The molecule has 0 aliphatic heterocycles. The third-order valence-corrected chi connectivity index (χ3v) is 4.61. The Morgan fingerprint density at radius 3 is 1.10 bits per heavy atom. The van der Waals surface area contributed by atoms with Crippen LogP contribution in [0.25, 0.3) is 0 Å². The molecule has 0 fully saturated rings. The zero-order valence-corrected chi connectivity index (χ0v) is 15.1. The zero-order valence-electron chi connectivity index (χ0n) is 15.1. The molecule has 0 bridgehead atoms. The van der Waals surface area contributed by atoms with Crippen LogP contribution in [0.2, 0.25) is 0 Å². The van der Waals surface area contributed by atoms with Gasteiger partial charge in [-0.2, -0.15) is 0 Å². The number of hydrogen-bond donors (Lipinski definition) is 1. The van der Waals surface area contributed by atoms with Crippen LogP contribution in [0.5, 0.6) is 5.75 Å². The molecule has 1 heteroatoms. The molecule has 1 nitrogen and oxygen atoms in total. The van der Waals surface area contributed by atoms with Crippen LogP contribution in [-0.4, -0.2) is 5.11 Å². The SMILES string of the molecule is CC(C)C(c1cc(O)cc(C(C(C)C)C(C)C)c1)C(C)C. The maximum Gasteiger partial charge on any atom is 0.116 e. The number of rotatable bonds is 6. The van der Waals surface area contributed by atoms with E-state index in [1.807, 2.05) is 12.1 Å². The van der Waals surface area contributed by atoms with Crippen molar-refractivity contribution in [2.45, 2.75) is 67.2 Å². The summed E-state index contributed by atoms with van der Waals surface area (Å²) in [6.07, 6.45) is 0. The van der Waals surface area contributed by atoms with E-state index in [-0.39, 0.29) is 0 Å². The van der Waals surface area contributed by atoms with Crippen LogP contribution in [0, 0.1) is 23.7 Å². The lowest BCUT2D eigenvalue weighted by atomic mass is 9.76. The molecule has 1 rings (SSSR count). The Bertz CT molecular complexity index is 389. The Labute approximate surface area is 131 Å². The number of benzene rings is 1. The summed E-state index contributed by atoms with van der Waals surface area (Å²) < 4.78 is 0. The molecule has 0 atom stereocenters. The standard InChI is InChI=1S/C20H34O/c1-12(2)19(13(3)4)16-9-17(11-18(21)10-16)20(14(5)6)15(7)8/h9-15,19-21H,1-8H3. The van der Waals surface area contributed by atoms with Gasteiger partial charge in [0, 0.05) is 0 Å². The molecule has 1 aromatic carbocycles. The number of aromatic hydroxyl groups is 1. The summed E-state index contributed by atoms with van der Waals surface area (Å²) in [5, 5.41) is 10.2. The lowest BCUT2D eigenvalue weighted by Gasteiger charge is -2.29. The van der Waals surface area contributed by atoms with Crippen molar-refractivity contribution in [3.05, 3.63) is 29.3 Å². The predicted molar refractivity (Wildman–Crippen MR) is 92.9 cm³/mol.